The minimum Gasteiger partial charge on any atom is -0.271 e. The summed E-state index contributed by atoms with van der Waals surface area (Å²) in [5.74, 6) is -0.227. The Morgan fingerprint density at radius 1 is 0.906 bits per heavy atom. The minimum absolute atomic E-state index is 0.115. The van der Waals surface area contributed by atoms with Gasteiger partial charge in [0.05, 0.1) is 16.3 Å². The van der Waals surface area contributed by atoms with Crippen molar-refractivity contribution in [3.05, 3.63) is 96.1 Å². The van der Waals surface area contributed by atoms with E-state index in [0.29, 0.717) is 17.3 Å². The van der Waals surface area contributed by atoms with Gasteiger partial charge in [-0.3, -0.25) is 9.10 Å². The second-order valence-electron chi connectivity index (χ2n) is 7.67. The maximum atomic E-state index is 13.4. The molecule has 3 rings (SSSR count). The number of hydrazone groups is 1. The summed E-state index contributed by atoms with van der Waals surface area (Å²) in [4.78, 5) is 12.8. The lowest BCUT2D eigenvalue weighted by molar-refractivity contribution is -0.119. The van der Waals surface area contributed by atoms with Crippen molar-refractivity contribution >= 4 is 27.3 Å². The Labute approximate surface area is 189 Å². The van der Waals surface area contributed by atoms with Crippen molar-refractivity contribution in [1.82, 2.24) is 5.43 Å². The number of hydrogen-bond donors (Lipinski definition) is 1. The molecule has 3 aromatic rings. The molecule has 1 amide bonds. The molecule has 0 atom stereocenters. The summed E-state index contributed by atoms with van der Waals surface area (Å²) in [6.45, 7) is 5.50. The van der Waals surface area contributed by atoms with Crippen molar-refractivity contribution in [1.29, 1.82) is 0 Å². The Balaban J connectivity index is 1.88. The Bertz CT molecular complexity index is 1170. The third-order valence-electron chi connectivity index (χ3n) is 5.01. The van der Waals surface area contributed by atoms with Crippen LogP contribution < -0.4 is 9.73 Å². The highest BCUT2D eigenvalue weighted by Crippen LogP contribution is 2.25. The zero-order valence-electron chi connectivity index (χ0n) is 18.4. The third kappa shape index (κ3) is 5.62. The number of carbonyl (C=O) groups excluding carboxylic acids is 1. The van der Waals surface area contributed by atoms with E-state index in [-0.39, 0.29) is 4.90 Å². The summed E-state index contributed by atoms with van der Waals surface area (Å²) >= 11 is 0. The highest BCUT2D eigenvalue weighted by atomic mass is 32.2. The number of benzene rings is 3. The van der Waals surface area contributed by atoms with E-state index in [1.54, 1.807) is 37.3 Å². The lowest BCUT2D eigenvalue weighted by atomic mass is 10.0. The predicted molar refractivity (Wildman–Crippen MR) is 128 cm³/mol. The second kappa shape index (κ2) is 10.2. The summed E-state index contributed by atoms with van der Waals surface area (Å²) in [5.41, 5.74) is 5.46. The maximum absolute atomic E-state index is 13.4. The molecule has 3 aromatic carbocycles. The first kappa shape index (κ1) is 23.2. The van der Waals surface area contributed by atoms with Crippen molar-refractivity contribution in [3.63, 3.8) is 0 Å². The van der Waals surface area contributed by atoms with Crippen LogP contribution in [-0.2, 0) is 14.8 Å². The molecule has 0 heterocycles. The van der Waals surface area contributed by atoms with Gasteiger partial charge >= 0.3 is 0 Å². The molecule has 0 aliphatic carbocycles. The molecule has 0 aromatic heterocycles. The largest absolute Gasteiger partial charge is 0.271 e. The van der Waals surface area contributed by atoms with Crippen LogP contribution in [0, 0.1) is 0 Å². The van der Waals surface area contributed by atoms with Crippen LogP contribution in [0.15, 0.2) is 94.9 Å². The fourth-order valence-corrected chi connectivity index (χ4v) is 4.56. The molecular weight excluding hydrogens is 422 g/mol. The number of sulfonamides is 1. The summed E-state index contributed by atoms with van der Waals surface area (Å²) < 4.78 is 27.8. The van der Waals surface area contributed by atoms with Gasteiger partial charge in [0.1, 0.15) is 6.54 Å². The summed E-state index contributed by atoms with van der Waals surface area (Å²) in [6.07, 6.45) is 0. The highest BCUT2D eigenvalue weighted by Gasteiger charge is 2.27. The highest BCUT2D eigenvalue weighted by molar-refractivity contribution is 7.92. The standard InChI is InChI=1S/C25H27N3O3S/c1-19(2)21-14-16-23(17-15-21)28(32(30,31)24-12-8-5-9-13-24)18-25(29)27-26-20(3)22-10-6-4-7-11-22/h4-17,19H,18H2,1-3H3,(H,27,29)/b26-20-. The van der Waals surface area contributed by atoms with Crippen LogP contribution in [0.5, 0.6) is 0 Å². The normalized spacial score (nSPS) is 11.9. The summed E-state index contributed by atoms with van der Waals surface area (Å²) in [7, 11) is -3.95. The molecule has 0 saturated heterocycles. The molecule has 0 bridgehead atoms. The zero-order valence-corrected chi connectivity index (χ0v) is 19.2. The Kier molecular flexibility index (Phi) is 7.43. The number of carbonyl (C=O) groups is 1. The van der Waals surface area contributed by atoms with Gasteiger partial charge in [0.15, 0.2) is 0 Å². The van der Waals surface area contributed by atoms with Crippen molar-refractivity contribution < 1.29 is 13.2 Å². The molecule has 0 saturated carbocycles. The van der Waals surface area contributed by atoms with Gasteiger partial charge in [-0.15, -0.1) is 0 Å². The Hall–Kier alpha value is -3.45. The van der Waals surface area contributed by atoms with Crippen molar-refractivity contribution in [2.24, 2.45) is 5.10 Å². The Morgan fingerprint density at radius 2 is 1.47 bits per heavy atom. The van der Waals surface area contributed by atoms with Gasteiger partial charge in [0.25, 0.3) is 15.9 Å². The van der Waals surface area contributed by atoms with Crippen LogP contribution in [0.3, 0.4) is 0 Å². The smallest absolute Gasteiger partial charge is 0.264 e. The topological polar surface area (TPSA) is 78.8 Å². The number of nitrogens with zero attached hydrogens (tertiary/aromatic N) is 2. The van der Waals surface area contributed by atoms with Gasteiger partial charge in [-0.2, -0.15) is 5.10 Å². The van der Waals surface area contributed by atoms with E-state index >= 15 is 0 Å². The fraction of sp³-hybridized carbons (Fsp3) is 0.200. The molecule has 0 aliphatic rings. The number of rotatable bonds is 8. The van der Waals surface area contributed by atoms with Gasteiger partial charge in [-0.25, -0.2) is 13.8 Å². The lowest BCUT2D eigenvalue weighted by Gasteiger charge is -2.24. The third-order valence-corrected chi connectivity index (χ3v) is 6.79. The van der Waals surface area contributed by atoms with E-state index in [0.717, 1.165) is 15.4 Å². The molecular formula is C25H27N3O3S. The molecule has 0 radical (unpaired) electrons. The first-order valence-electron chi connectivity index (χ1n) is 10.4. The second-order valence-corrected chi connectivity index (χ2v) is 9.53. The number of amides is 1. The SMILES string of the molecule is C/C(=N/NC(=O)CN(c1ccc(C(C)C)cc1)S(=O)(=O)c1ccccc1)c1ccccc1. The van der Waals surface area contributed by atoms with E-state index in [2.05, 4.69) is 24.4 Å². The van der Waals surface area contributed by atoms with E-state index in [1.165, 1.54) is 12.1 Å². The minimum atomic E-state index is -3.95. The van der Waals surface area contributed by atoms with Gasteiger partial charge in [-0.1, -0.05) is 74.5 Å². The van der Waals surface area contributed by atoms with Gasteiger partial charge in [0, 0.05) is 0 Å². The molecule has 7 heteroatoms. The molecule has 0 unspecified atom stereocenters. The van der Waals surface area contributed by atoms with Gasteiger partial charge in [0.2, 0.25) is 0 Å². The van der Waals surface area contributed by atoms with Crippen molar-refractivity contribution in [2.45, 2.75) is 31.6 Å². The average Bonchev–Trinajstić information content (AvgIpc) is 2.82. The fourth-order valence-electron chi connectivity index (χ4n) is 3.12. The average molecular weight is 450 g/mol. The molecule has 0 fully saturated rings. The molecule has 166 valence electrons. The molecule has 32 heavy (non-hydrogen) atoms. The van der Waals surface area contributed by atoms with Crippen LogP contribution in [0.4, 0.5) is 5.69 Å². The van der Waals surface area contributed by atoms with E-state index in [9.17, 15) is 13.2 Å². The number of anilines is 1. The number of hydrogen-bond acceptors (Lipinski definition) is 4. The molecule has 1 N–H and O–H groups in total. The molecule has 0 spiro atoms. The monoisotopic (exact) mass is 449 g/mol. The number of nitrogens with one attached hydrogen (secondary N) is 1. The maximum Gasteiger partial charge on any atom is 0.264 e. The lowest BCUT2D eigenvalue weighted by Crippen LogP contribution is -2.39. The summed E-state index contributed by atoms with van der Waals surface area (Å²) in [5, 5.41) is 4.13. The molecule has 0 aliphatic heterocycles. The predicted octanol–water partition coefficient (Wildman–Crippen LogP) is 4.55. The van der Waals surface area contributed by atoms with Crippen LogP contribution in [0.1, 0.15) is 37.8 Å². The van der Waals surface area contributed by atoms with E-state index in [4.69, 9.17) is 0 Å². The van der Waals surface area contributed by atoms with Crippen LogP contribution in [-0.4, -0.2) is 26.6 Å². The zero-order chi connectivity index (χ0) is 23.1. The van der Waals surface area contributed by atoms with E-state index in [1.807, 2.05) is 42.5 Å². The molecule has 6 nitrogen and oxygen atoms in total. The van der Waals surface area contributed by atoms with Crippen LogP contribution in [0.2, 0.25) is 0 Å². The van der Waals surface area contributed by atoms with Crippen LogP contribution in [0.25, 0.3) is 0 Å². The first-order valence-corrected chi connectivity index (χ1v) is 11.8. The summed E-state index contributed by atoms with van der Waals surface area (Å²) in [6, 6.07) is 24.7. The van der Waals surface area contributed by atoms with E-state index < -0.39 is 22.5 Å². The van der Waals surface area contributed by atoms with Gasteiger partial charge < -0.3 is 0 Å². The quantitative estimate of drug-likeness (QED) is 0.405. The Morgan fingerprint density at radius 3 is 2.03 bits per heavy atom. The van der Waals surface area contributed by atoms with Crippen LogP contribution >= 0.6 is 0 Å². The first-order chi connectivity index (χ1) is 15.3. The van der Waals surface area contributed by atoms with Crippen molar-refractivity contribution in [3.8, 4) is 0 Å². The van der Waals surface area contributed by atoms with Gasteiger partial charge in [-0.05, 0) is 48.2 Å². The van der Waals surface area contributed by atoms with Crippen molar-refractivity contribution in [2.75, 3.05) is 10.8 Å².